The summed E-state index contributed by atoms with van der Waals surface area (Å²) in [5.74, 6) is 0.349. The van der Waals surface area contributed by atoms with Crippen LogP contribution in [0.5, 0.6) is 0 Å². The van der Waals surface area contributed by atoms with E-state index in [4.69, 9.17) is 0 Å². The van der Waals surface area contributed by atoms with Crippen LogP contribution in [-0.2, 0) is 6.54 Å². The molecule has 0 bridgehead atoms. The summed E-state index contributed by atoms with van der Waals surface area (Å²) in [6.07, 6.45) is 3.83. The summed E-state index contributed by atoms with van der Waals surface area (Å²) in [7, 11) is 0. The highest BCUT2D eigenvalue weighted by Crippen LogP contribution is 2.32. The Morgan fingerprint density at radius 1 is 0.923 bits per heavy atom. The van der Waals surface area contributed by atoms with Crippen molar-refractivity contribution in [2.24, 2.45) is 0 Å². The monoisotopic (exact) mass is 343 g/mol. The van der Waals surface area contributed by atoms with Crippen LogP contribution in [-0.4, -0.2) is 35.6 Å². The lowest BCUT2D eigenvalue weighted by Crippen LogP contribution is -2.53. The van der Waals surface area contributed by atoms with Crippen molar-refractivity contribution >= 4 is 0 Å². The molecule has 3 aromatic rings. The van der Waals surface area contributed by atoms with E-state index in [2.05, 4.69) is 81.9 Å². The summed E-state index contributed by atoms with van der Waals surface area (Å²) >= 11 is 0. The van der Waals surface area contributed by atoms with Gasteiger partial charge < -0.3 is 5.32 Å². The Balaban J connectivity index is 1.68. The maximum Gasteiger partial charge on any atom is 0.0334 e. The van der Waals surface area contributed by atoms with Gasteiger partial charge >= 0.3 is 0 Å². The van der Waals surface area contributed by atoms with Crippen molar-refractivity contribution < 1.29 is 0 Å². The van der Waals surface area contributed by atoms with Gasteiger partial charge in [0, 0.05) is 50.5 Å². The number of piperazine rings is 1. The van der Waals surface area contributed by atoms with Gasteiger partial charge in [-0.05, 0) is 22.8 Å². The van der Waals surface area contributed by atoms with E-state index < -0.39 is 0 Å². The second kappa shape index (κ2) is 8.26. The van der Waals surface area contributed by atoms with Crippen LogP contribution in [0.4, 0.5) is 0 Å². The molecule has 1 fully saturated rings. The van der Waals surface area contributed by atoms with Gasteiger partial charge in [-0.25, -0.2) is 0 Å². The number of benzene rings is 2. The number of hydrogen-bond donors (Lipinski definition) is 1. The standard InChI is InChI=1S/C23H25N3/c1-3-9-20(10-4-1)23(21-11-5-2-6-12-21)22-17-25-14-15-26(22)18-19-8-7-13-24-16-19/h1-13,16,22-23,25H,14-15,17-18H2. The first kappa shape index (κ1) is 17.0. The minimum absolute atomic E-state index is 0.349. The van der Waals surface area contributed by atoms with Crippen LogP contribution in [0.1, 0.15) is 22.6 Å². The van der Waals surface area contributed by atoms with Gasteiger partial charge in [0.15, 0.2) is 0 Å². The molecule has 132 valence electrons. The minimum atomic E-state index is 0.349. The Kier molecular flexibility index (Phi) is 5.38. The van der Waals surface area contributed by atoms with Crippen LogP contribution in [0.15, 0.2) is 85.2 Å². The molecule has 3 heteroatoms. The lowest BCUT2D eigenvalue weighted by atomic mass is 9.83. The molecule has 3 nitrogen and oxygen atoms in total. The Labute approximate surface area is 155 Å². The first-order valence-electron chi connectivity index (χ1n) is 9.35. The van der Waals surface area contributed by atoms with Crippen molar-refractivity contribution in [1.29, 1.82) is 0 Å². The average molecular weight is 343 g/mol. The quantitative estimate of drug-likeness (QED) is 0.766. The smallest absolute Gasteiger partial charge is 0.0334 e. The van der Waals surface area contributed by atoms with Crippen LogP contribution >= 0.6 is 0 Å². The zero-order valence-electron chi connectivity index (χ0n) is 15.0. The maximum atomic E-state index is 4.29. The molecule has 1 unspecified atom stereocenters. The lowest BCUT2D eigenvalue weighted by molar-refractivity contribution is 0.139. The predicted molar refractivity (Wildman–Crippen MR) is 106 cm³/mol. The molecule has 1 aliphatic heterocycles. The minimum Gasteiger partial charge on any atom is -0.314 e. The molecule has 1 N–H and O–H groups in total. The zero-order valence-corrected chi connectivity index (χ0v) is 15.0. The third kappa shape index (κ3) is 3.85. The summed E-state index contributed by atoms with van der Waals surface area (Å²) < 4.78 is 0. The highest BCUT2D eigenvalue weighted by molar-refractivity contribution is 5.35. The van der Waals surface area contributed by atoms with Gasteiger partial charge in [-0.1, -0.05) is 66.7 Å². The van der Waals surface area contributed by atoms with Crippen LogP contribution in [0.3, 0.4) is 0 Å². The second-order valence-electron chi connectivity index (χ2n) is 6.90. The molecule has 0 spiro atoms. The van der Waals surface area contributed by atoms with Crippen molar-refractivity contribution in [2.75, 3.05) is 19.6 Å². The van der Waals surface area contributed by atoms with Crippen molar-refractivity contribution in [3.63, 3.8) is 0 Å². The normalized spacial score (nSPS) is 18.1. The molecule has 0 aliphatic carbocycles. The van der Waals surface area contributed by atoms with Crippen LogP contribution in [0, 0.1) is 0 Å². The lowest BCUT2D eigenvalue weighted by Gasteiger charge is -2.41. The summed E-state index contributed by atoms with van der Waals surface area (Å²) in [6.45, 7) is 4.02. The van der Waals surface area contributed by atoms with Gasteiger partial charge in [0.25, 0.3) is 0 Å². The van der Waals surface area contributed by atoms with Crippen LogP contribution in [0.25, 0.3) is 0 Å². The predicted octanol–water partition coefficient (Wildman–Crippen LogP) is 3.69. The summed E-state index contributed by atoms with van der Waals surface area (Å²) in [5.41, 5.74) is 4.03. The van der Waals surface area contributed by atoms with Crippen molar-refractivity contribution in [3.05, 3.63) is 102 Å². The number of aromatic nitrogens is 1. The molecule has 1 saturated heterocycles. The van der Waals surface area contributed by atoms with Crippen molar-refractivity contribution in [2.45, 2.75) is 18.5 Å². The van der Waals surface area contributed by atoms with Gasteiger partial charge in [0.1, 0.15) is 0 Å². The molecule has 0 saturated carbocycles. The Hall–Kier alpha value is -2.49. The topological polar surface area (TPSA) is 28.2 Å². The fourth-order valence-electron chi connectivity index (χ4n) is 3.98. The molecule has 2 heterocycles. The van der Waals surface area contributed by atoms with Gasteiger partial charge in [0.2, 0.25) is 0 Å². The molecule has 1 aromatic heterocycles. The van der Waals surface area contributed by atoms with E-state index in [1.165, 1.54) is 16.7 Å². The summed E-state index contributed by atoms with van der Waals surface area (Å²) in [5, 5.41) is 3.61. The molecular weight excluding hydrogens is 318 g/mol. The third-order valence-electron chi connectivity index (χ3n) is 5.21. The third-order valence-corrected chi connectivity index (χ3v) is 5.21. The van der Waals surface area contributed by atoms with E-state index in [1.807, 2.05) is 18.5 Å². The molecule has 1 aliphatic rings. The number of nitrogens with one attached hydrogen (secondary N) is 1. The highest BCUT2D eigenvalue weighted by atomic mass is 15.2. The molecular formula is C23H25N3. The molecule has 0 amide bonds. The van der Waals surface area contributed by atoms with E-state index in [1.54, 1.807) is 0 Å². The zero-order chi connectivity index (χ0) is 17.6. The molecule has 1 atom stereocenters. The first-order chi connectivity index (χ1) is 12.9. The molecule has 26 heavy (non-hydrogen) atoms. The van der Waals surface area contributed by atoms with Crippen LogP contribution in [0.2, 0.25) is 0 Å². The summed E-state index contributed by atoms with van der Waals surface area (Å²) in [6, 6.07) is 26.4. The molecule has 2 aromatic carbocycles. The number of rotatable bonds is 5. The molecule has 0 radical (unpaired) electrons. The maximum absolute atomic E-state index is 4.29. The Morgan fingerprint density at radius 2 is 1.62 bits per heavy atom. The van der Waals surface area contributed by atoms with Crippen molar-refractivity contribution in [3.8, 4) is 0 Å². The van der Waals surface area contributed by atoms with Crippen molar-refractivity contribution in [1.82, 2.24) is 15.2 Å². The summed E-state index contributed by atoms with van der Waals surface area (Å²) in [4.78, 5) is 6.90. The first-order valence-corrected chi connectivity index (χ1v) is 9.35. The number of pyridine rings is 1. The fourth-order valence-corrected chi connectivity index (χ4v) is 3.98. The SMILES string of the molecule is c1ccc(C(c2ccccc2)C2CNCCN2Cc2cccnc2)cc1. The van der Waals surface area contributed by atoms with Gasteiger partial charge in [-0.15, -0.1) is 0 Å². The van der Waals surface area contributed by atoms with Gasteiger partial charge in [0.05, 0.1) is 0 Å². The largest absolute Gasteiger partial charge is 0.314 e. The van der Waals surface area contributed by atoms with Gasteiger partial charge in [-0.3, -0.25) is 9.88 Å². The molecule has 4 rings (SSSR count). The average Bonchev–Trinajstić information content (AvgIpc) is 2.72. The van der Waals surface area contributed by atoms with E-state index >= 15 is 0 Å². The van der Waals surface area contributed by atoms with Gasteiger partial charge in [-0.2, -0.15) is 0 Å². The van der Waals surface area contributed by atoms with E-state index in [-0.39, 0.29) is 0 Å². The van der Waals surface area contributed by atoms with E-state index in [9.17, 15) is 0 Å². The highest BCUT2D eigenvalue weighted by Gasteiger charge is 2.31. The second-order valence-corrected chi connectivity index (χ2v) is 6.90. The van der Waals surface area contributed by atoms with E-state index in [0.29, 0.717) is 12.0 Å². The Morgan fingerprint density at radius 3 is 2.23 bits per heavy atom. The Bertz CT molecular complexity index is 750. The van der Waals surface area contributed by atoms with Crippen LogP contribution < -0.4 is 5.32 Å². The fraction of sp³-hybridized carbons (Fsp3) is 0.261. The van der Waals surface area contributed by atoms with E-state index in [0.717, 1.165) is 26.2 Å². The number of hydrogen-bond acceptors (Lipinski definition) is 3. The number of nitrogens with zero attached hydrogens (tertiary/aromatic N) is 2.